The molecule has 102 valence electrons. The molecular formula is C12H20N2O4. The Balaban J connectivity index is 2.92. The average Bonchev–Trinajstić information content (AvgIpc) is 2.32. The molecule has 0 fully saturated rings. The molecule has 1 rings (SSSR count). The highest BCUT2D eigenvalue weighted by atomic mass is 16.6. The van der Waals surface area contributed by atoms with E-state index in [0.29, 0.717) is 6.54 Å². The fourth-order valence-corrected chi connectivity index (χ4v) is 1.70. The number of amides is 2. The van der Waals surface area contributed by atoms with Gasteiger partial charge in [-0.25, -0.2) is 19.6 Å². The van der Waals surface area contributed by atoms with Crippen LogP contribution in [-0.2, 0) is 9.47 Å². The number of rotatable bonds is 2. The van der Waals surface area contributed by atoms with Crippen molar-refractivity contribution in [2.75, 3.05) is 19.8 Å². The molecule has 0 aromatic carbocycles. The number of nitrogens with zero attached hydrogens (tertiary/aromatic N) is 2. The van der Waals surface area contributed by atoms with E-state index in [0.717, 1.165) is 5.57 Å². The van der Waals surface area contributed by atoms with Crippen LogP contribution in [0.15, 0.2) is 11.6 Å². The van der Waals surface area contributed by atoms with Crippen molar-refractivity contribution >= 4 is 12.2 Å². The minimum atomic E-state index is -0.541. The van der Waals surface area contributed by atoms with Gasteiger partial charge in [0.15, 0.2) is 0 Å². The first-order valence-corrected chi connectivity index (χ1v) is 6.09. The summed E-state index contributed by atoms with van der Waals surface area (Å²) in [4.78, 5) is 23.7. The van der Waals surface area contributed by atoms with Crippen molar-refractivity contribution in [3.05, 3.63) is 11.6 Å². The predicted molar refractivity (Wildman–Crippen MR) is 65.8 cm³/mol. The molecule has 0 aromatic rings. The van der Waals surface area contributed by atoms with Gasteiger partial charge in [-0.2, -0.15) is 0 Å². The summed E-state index contributed by atoms with van der Waals surface area (Å²) in [6.45, 7) is 8.05. The maximum absolute atomic E-state index is 11.9. The van der Waals surface area contributed by atoms with Crippen molar-refractivity contribution in [2.24, 2.45) is 0 Å². The third-order valence-corrected chi connectivity index (χ3v) is 2.81. The minimum absolute atomic E-state index is 0.220. The number of ether oxygens (including phenoxy) is 2. The van der Waals surface area contributed by atoms with Gasteiger partial charge in [0.05, 0.1) is 25.8 Å². The van der Waals surface area contributed by atoms with Crippen molar-refractivity contribution in [2.45, 2.75) is 33.7 Å². The third-order valence-electron chi connectivity index (χ3n) is 2.81. The number of hydrogen-bond donors (Lipinski definition) is 0. The Morgan fingerprint density at radius 2 is 1.83 bits per heavy atom. The van der Waals surface area contributed by atoms with Gasteiger partial charge in [0.25, 0.3) is 0 Å². The molecule has 0 bridgehead atoms. The van der Waals surface area contributed by atoms with Crippen LogP contribution in [0.5, 0.6) is 0 Å². The zero-order valence-corrected chi connectivity index (χ0v) is 11.3. The van der Waals surface area contributed by atoms with Crippen molar-refractivity contribution < 1.29 is 19.1 Å². The Labute approximate surface area is 107 Å². The minimum Gasteiger partial charge on any atom is -0.448 e. The van der Waals surface area contributed by atoms with Gasteiger partial charge >= 0.3 is 12.2 Å². The number of hydrogen-bond acceptors (Lipinski definition) is 4. The molecule has 0 saturated carbocycles. The molecule has 0 aliphatic carbocycles. The van der Waals surface area contributed by atoms with Crippen LogP contribution in [0.4, 0.5) is 9.59 Å². The largest absolute Gasteiger partial charge is 0.448 e. The van der Waals surface area contributed by atoms with Gasteiger partial charge in [-0.05, 0) is 27.7 Å². The molecule has 0 unspecified atom stereocenters. The van der Waals surface area contributed by atoms with E-state index in [2.05, 4.69) is 0 Å². The Kier molecular flexibility index (Phi) is 5.00. The van der Waals surface area contributed by atoms with E-state index in [1.165, 1.54) is 10.0 Å². The third kappa shape index (κ3) is 2.94. The summed E-state index contributed by atoms with van der Waals surface area (Å²) < 4.78 is 9.90. The van der Waals surface area contributed by atoms with E-state index in [1.807, 2.05) is 19.9 Å². The van der Waals surface area contributed by atoms with Gasteiger partial charge in [0.2, 0.25) is 0 Å². The van der Waals surface area contributed by atoms with Crippen LogP contribution in [0.3, 0.4) is 0 Å². The van der Waals surface area contributed by atoms with E-state index in [-0.39, 0.29) is 19.3 Å². The Morgan fingerprint density at radius 3 is 2.39 bits per heavy atom. The van der Waals surface area contributed by atoms with E-state index in [1.54, 1.807) is 13.8 Å². The van der Waals surface area contributed by atoms with Crippen LogP contribution in [0.25, 0.3) is 0 Å². The maximum atomic E-state index is 11.9. The van der Waals surface area contributed by atoms with Crippen molar-refractivity contribution in [1.82, 2.24) is 10.0 Å². The van der Waals surface area contributed by atoms with Crippen LogP contribution < -0.4 is 0 Å². The SMILES string of the molecule is CCOC(=O)N1CC=C(C)[C@@H](C)N1C(=O)OCC. The lowest BCUT2D eigenvalue weighted by molar-refractivity contribution is -0.0324. The molecule has 0 N–H and O–H groups in total. The van der Waals surface area contributed by atoms with Crippen LogP contribution in [-0.4, -0.2) is 48.0 Å². The highest BCUT2D eigenvalue weighted by Gasteiger charge is 2.35. The highest BCUT2D eigenvalue weighted by Crippen LogP contribution is 2.20. The summed E-state index contributed by atoms with van der Waals surface area (Å²) >= 11 is 0. The van der Waals surface area contributed by atoms with Crippen LogP contribution in [0.1, 0.15) is 27.7 Å². The smallest absolute Gasteiger partial charge is 0.429 e. The summed E-state index contributed by atoms with van der Waals surface area (Å²) in [6, 6.07) is -0.220. The molecule has 1 atom stereocenters. The first-order chi connectivity index (χ1) is 8.52. The Morgan fingerprint density at radius 1 is 1.28 bits per heavy atom. The lowest BCUT2D eigenvalue weighted by atomic mass is 10.1. The lowest BCUT2D eigenvalue weighted by Crippen LogP contribution is -2.56. The summed E-state index contributed by atoms with van der Waals surface area (Å²) in [5.74, 6) is 0. The first-order valence-electron chi connectivity index (χ1n) is 6.09. The van der Waals surface area contributed by atoms with Crippen molar-refractivity contribution in [3.63, 3.8) is 0 Å². The summed E-state index contributed by atoms with van der Waals surface area (Å²) in [7, 11) is 0. The standard InChI is InChI=1S/C12H20N2O4/c1-5-17-11(15)13-8-7-9(3)10(4)14(13)12(16)18-6-2/h7,10H,5-6,8H2,1-4H3/t10-/m1/s1. The molecule has 0 saturated heterocycles. The monoisotopic (exact) mass is 256 g/mol. The first kappa shape index (κ1) is 14.3. The topological polar surface area (TPSA) is 59.1 Å². The molecule has 0 aromatic heterocycles. The van der Waals surface area contributed by atoms with Crippen LogP contribution >= 0.6 is 0 Å². The molecular weight excluding hydrogens is 236 g/mol. The molecule has 1 aliphatic heterocycles. The molecule has 0 spiro atoms. The molecule has 6 nitrogen and oxygen atoms in total. The Hall–Kier alpha value is -1.72. The second kappa shape index (κ2) is 6.28. The fraction of sp³-hybridized carbons (Fsp3) is 0.667. The van der Waals surface area contributed by atoms with E-state index in [9.17, 15) is 9.59 Å². The van der Waals surface area contributed by atoms with Gasteiger partial charge in [-0.3, -0.25) is 0 Å². The quantitative estimate of drug-likeness (QED) is 0.710. The number of carbonyl (C=O) groups is 2. The van der Waals surface area contributed by atoms with Gasteiger partial charge < -0.3 is 9.47 Å². The predicted octanol–water partition coefficient (Wildman–Crippen LogP) is 2.17. The summed E-state index contributed by atoms with van der Waals surface area (Å²) in [5, 5.41) is 2.57. The Bertz CT molecular complexity index is 354. The van der Waals surface area contributed by atoms with Crippen LogP contribution in [0, 0.1) is 0 Å². The second-order valence-corrected chi connectivity index (χ2v) is 3.95. The second-order valence-electron chi connectivity index (χ2n) is 3.95. The lowest BCUT2D eigenvalue weighted by Gasteiger charge is -2.40. The normalized spacial score (nSPS) is 19.3. The van der Waals surface area contributed by atoms with E-state index in [4.69, 9.17) is 9.47 Å². The van der Waals surface area contributed by atoms with Crippen molar-refractivity contribution in [3.8, 4) is 0 Å². The van der Waals surface area contributed by atoms with Gasteiger partial charge in [-0.1, -0.05) is 11.6 Å². The van der Waals surface area contributed by atoms with Crippen molar-refractivity contribution in [1.29, 1.82) is 0 Å². The maximum Gasteiger partial charge on any atom is 0.429 e. The average molecular weight is 256 g/mol. The van der Waals surface area contributed by atoms with E-state index >= 15 is 0 Å². The molecule has 1 heterocycles. The summed E-state index contributed by atoms with van der Waals surface area (Å²) in [6.07, 6.45) is 0.823. The highest BCUT2D eigenvalue weighted by molar-refractivity contribution is 5.75. The van der Waals surface area contributed by atoms with Gasteiger partial charge in [0.1, 0.15) is 0 Å². The number of hydrazine groups is 1. The fourth-order valence-electron chi connectivity index (χ4n) is 1.70. The molecule has 18 heavy (non-hydrogen) atoms. The van der Waals surface area contributed by atoms with Gasteiger partial charge in [-0.15, -0.1) is 0 Å². The molecule has 2 amide bonds. The zero-order chi connectivity index (χ0) is 13.7. The summed E-state index contributed by atoms with van der Waals surface area (Å²) in [5.41, 5.74) is 1.02. The molecule has 1 aliphatic rings. The van der Waals surface area contributed by atoms with Gasteiger partial charge in [0, 0.05) is 0 Å². The molecule has 0 radical (unpaired) electrons. The number of carbonyl (C=O) groups excluding carboxylic acids is 2. The van der Waals surface area contributed by atoms with E-state index < -0.39 is 12.2 Å². The zero-order valence-electron chi connectivity index (χ0n) is 11.3. The molecule has 6 heteroatoms. The van der Waals surface area contributed by atoms with Crippen LogP contribution in [0.2, 0.25) is 0 Å².